The standard InChI is InChI=1S/C23H19NO/c25-23(21-10-5-9-19-20(21)12-11-17-14-22(17)19)24-13-4-3-7-16-6-1-2-8-18(16)15-24/h1-2,5-6,8-12,17,22H,4,13-15H2. The molecule has 1 saturated carbocycles. The highest BCUT2D eigenvalue weighted by molar-refractivity contribution is 5.98. The molecule has 0 N–H and O–H groups in total. The minimum atomic E-state index is 0.124. The van der Waals surface area contributed by atoms with Crippen LogP contribution in [0.5, 0.6) is 0 Å². The normalized spacial score (nSPS) is 22.5. The lowest BCUT2D eigenvalue weighted by Crippen LogP contribution is -2.33. The summed E-state index contributed by atoms with van der Waals surface area (Å²) in [6.07, 6.45) is 6.38. The maximum absolute atomic E-state index is 13.3. The number of rotatable bonds is 1. The van der Waals surface area contributed by atoms with Crippen LogP contribution in [0.4, 0.5) is 0 Å². The van der Waals surface area contributed by atoms with Crippen molar-refractivity contribution in [3.8, 4) is 11.8 Å². The van der Waals surface area contributed by atoms with Crippen molar-refractivity contribution in [3.63, 3.8) is 0 Å². The van der Waals surface area contributed by atoms with Crippen molar-refractivity contribution in [1.29, 1.82) is 0 Å². The van der Waals surface area contributed by atoms with Gasteiger partial charge in [0, 0.05) is 30.6 Å². The maximum Gasteiger partial charge on any atom is 0.254 e. The van der Waals surface area contributed by atoms with Crippen LogP contribution < -0.4 is 0 Å². The molecule has 122 valence electrons. The van der Waals surface area contributed by atoms with Crippen molar-refractivity contribution in [2.24, 2.45) is 5.92 Å². The molecule has 3 aliphatic rings. The summed E-state index contributed by atoms with van der Waals surface area (Å²) in [5.74, 6) is 7.88. The average molecular weight is 325 g/mol. The largest absolute Gasteiger partial charge is 0.333 e. The van der Waals surface area contributed by atoms with Crippen LogP contribution in [0.25, 0.3) is 6.08 Å². The van der Waals surface area contributed by atoms with Gasteiger partial charge in [-0.15, -0.1) is 0 Å². The first-order valence-corrected chi connectivity index (χ1v) is 8.98. The maximum atomic E-state index is 13.3. The number of allylic oxidation sites excluding steroid dienone is 1. The zero-order valence-corrected chi connectivity index (χ0v) is 14.0. The minimum Gasteiger partial charge on any atom is -0.333 e. The Labute approximate surface area is 148 Å². The van der Waals surface area contributed by atoms with Crippen LogP contribution in [0.3, 0.4) is 0 Å². The fourth-order valence-corrected chi connectivity index (χ4v) is 4.04. The Bertz CT molecular complexity index is 960. The van der Waals surface area contributed by atoms with Crippen LogP contribution >= 0.6 is 0 Å². The number of carbonyl (C=O) groups is 1. The molecule has 2 atom stereocenters. The van der Waals surface area contributed by atoms with E-state index in [1.54, 1.807) is 0 Å². The van der Waals surface area contributed by atoms with E-state index in [1.807, 2.05) is 35.2 Å². The quantitative estimate of drug-likeness (QED) is 0.719. The van der Waals surface area contributed by atoms with Crippen LogP contribution in [-0.4, -0.2) is 17.4 Å². The van der Waals surface area contributed by atoms with Crippen molar-refractivity contribution < 1.29 is 4.79 Å². The molecule has 2 nitrogen and oxygen atoms in total. The van der Waals surface area contributed by atoms with Gasteiger partial charge in [-0.1, -0.05) is 54.3 Å². The molecule has 1 heterocycles. The van der Waals surface area contributed by atoms with Gasteiger partial charge >= 0.3 is 0 Å². The van der Waals surface area contributed by atoms with Crippen molar-refractivity contribution >= 4 is 12.0 Å². The lowest BCUT2D eigenvalue weighted by atomic mass is 9.92. The number of hydrogen-bond donors (Lipinski definition) is 0. The Kier molecular flexibility index (Phi) is 3.28. The molecule has 1 amide bonds. The zero-order chi connectivity index (χ0) is 16.8. The average Bonchev–Trinajstić information content (AvgIpc) is 3.41. The lowest BCUT2D eigenvalue weighted by molar-refractivity contribution is 0.0746. The third-order valence-electron chi connectivity index (χ3n) is 5.52. The number of amides is 1. The number of nitrogens with zero attached hydrogens (tertiary/aromatic N) is 1. The predicted molar refractivity (Wildman–Crippen MR) is 99.0 cm³/mol. The molecule has 2 aromatic rings. The van der Waals surface area contributed by atoms with E-state index in [0.29, 0.717) is 24.9 Å². The summed E-state index contributed by atoms with van der Waals surface area (Å²) in [6, 6.07) is 14.3. The smallest absolute Gasteiger partial charge is 0.254 e. The summed E-state index contributed by atoms with van der Waals surface area (Å²) in [4.78, 5) is 15.3. The molecule has 5 rings (SSSR count). The van der Waals surface area contributed by atoms with Gasteiger partial charge in [0.2, 0.25) is 0 Å². The van der Waals surface area contributed by atoms with Crippen molar-refractivity contribution in [2.75, 3.05) is 6.54 Å². The van der Waals surface area contributed by atoms with Gasteiger partial charge in [-0.05, 0) is 47.1 Å². The van der Waals surface area contributed by atoms with E-state index in [1.165, 1.54) is 12.0 Å². The Morgan fingerprint density at radius 3 is 3.00 bits per heavy atom. The van der Waals surface area contributed by atoms with Crippen molar-refractivity contribution in [1.82, 2.24) is 4.90 Å². The highest BCUT2D eigenvalue weighted by Gasteiger charge is 2.40. The Hall–Kier alpha value is -2.79. The number of carbonyl (C=O) groups excluding carboxylic acids is 1. The molecule has 0 saturated heterocycles. The monoisotopic (exact) mass is 325 g/mol. The fourth-order valence-electron chi connectivity index (χ4n) is 4.04. The topological polar surface area (TPSA) is 20.3 Å². The van der Waals surface area contributed by atoms with Crippen LogP contribution in [0.15, 0.2) is 48.5 Å². The van der Waals surface area contributed by atoms with E-state index in [9.17, 15) is 4.79 Å². The van der Waals surface area contributed by atoms with Gasteiger partial charge in [-0.25, -0.2) is 0 Å². The van der Waals surface area contributed by atoms with Crippen LogP contribution in [0.2, 0.25) is 0 Å². The summed E-state index contributed by atoms with van der Waals surface area (Å²) in [5, 5.41) is 0. The van der Waals surface area contributed by atoms with E-state index in [2.05, 4.69) is 36.1 Å². The molecular weight excluding hydrogens is 306 g/mol. The predicted octanol–water partition coefficient (Wildman–Crippen LogP) is 4.21. The van der Waals surface area contributed by atoms with Gasteiger partial charge < -0.3 is 4.90 Å². The summed E-state index contributed by atoms with van der Waals surface area (Å²) in [7, 11) is 0. The van der Waals surface area contributed by atoms with Crippen LogP contribution in [0, 0.1) is 17.8 Å². The third-order valence-corrected chi connectivity index (χ3v) is 5.52. The van der Waals surface area contributed by atoms with Gasteiger partial charge in [-0.3, -0.25) is 4.79 Å². The SMILES string of the molecule is O=C(c1cccc2c1C=CC1CC21)N1CCC#Cc2ccccc2C1. The summed E-state index contributed by atoms with van der Waals surface area (Å²) in [6.45, 7) is 1.31. The van der Waals surface area contributed by atoms with Gasteiger partial charge in [0.1, 0.15) is 0 Å². The lowest BCUT2D eigenvalue weighted by Gasteiger charge is -2.25. The highest BCUT2D eigenvalue weighted by atomic mass is 16.2. The Balaban J connectivity index is 1.51. The summed E-state index contributed by atoms with van der Waals surface area (Å²) in [5.41, 5.74) is 5.49. The first kappa shape index (κ1) is 14.5. The molecule has 2 unspecified atom stereocenters. The van der Waals surface area contributed by atoms with E-state index in [0.717, 1.165) is 28.7 Å². The van der Waals surface area contributed by atoms with E-state index >= 15 is 0 Å². The van der Waals surface area contributed by atoms with Gasteiger partial charge in [0.25, 0.3) is 5.91 Å². The second-order valence-electron chi connectivity index (χ2n) is 7.11. The molecule has 2 aromatic carbocycles. The summed E-state index contributed by atoms with van der Waals surface area (Å²) < 4.78 is 0. The summed E-state index contributed by atoms with van der Waals surface area (Å²) >= 11 is 0. The first-order valence-electron chi connectivity index (χ1n) is 8.98. The fraction of sp³-hybridized carbons (Fsp3) is 0.261. The van der Waals surface area contributed by atoms with Gasteiger partial charge in [0.15, 0.2) is 0 Å². The molecule has 0 aromatic heterocycles. The van der Waals surface area contributed by atoms with E-state index in [4.69, 9.17) is 0 Å². The molecular formula is C23H19NO. The van der Waals surface area contributed by atoms with Crippen LogP contribution in [0.1, 0.15) is 51.4 Å². The number of benzene rings is 2. The number of fused-ring (bicyclic) bond motifs is 4. The molecule has 1 aliphatic heterocycles. The molecule has 0 bridgehead atoms. The molecule has 25 heavy (non-hydrogen) atoms. The Morgan fingerprint density at radius 2 is 2.04 bits per heavy atom. The van der Waals surface area contributed by atoms with E-state index in [-0.39, 0.29) is 5.91 Å². The first-order chi connectivity index (χ1) is 12.3. The molecule has 0 spiro atoms. The molecule has 2 heteroatoms. The highest BCUT2D eigenvalue weighted by Crippen LogP contribution is 2.53. The third kappa shape index (κ3) is 2.48. The Morgan fingerprint density at radius 1 is 1.12 bits per heavy atom. The molecule has 1 fully saturated rings. The molecule has 0 radical (unpaired) electrons. The number of hydrogen-bond acceptors (Lipinski definition) is 1. The second kappa shape index (κ2) is 5.63. The van der Waals surface area contributed by atoms with E-state index < -0.39 is 0 Å². The molecule has 2 aliphatic carbocycles. The van der Waals surface area contributed by atoms with Crippen molar-refractivity contribution in [2.45, 2.75) is 25.3 Å². The van der Waals surface area contributed by atoms with Crippen molar-refractivity contribution in [3.05, 3.63) is 76.4 Å². The van der Waals surface area contributed by atoms with Crippen LogP contribution in [-0.2, 0) is 6.54 Å². The zero-order valence-electron chi connectivity index (χ0n) is 14.0. The van der Waals surface area contributed by atoms with Gasteiger partial charge in [-0.2, -0.15) is 0 Å². The van der Waals surface area contributed by atoms with Gasteiger partial charge in [0.05, 0.1) is 0 Å². The minimum absolute atomic E-state index is 0.124. The second-order valence-corrected chi connectivity index (χ2v) is 7.11.